The van der Waals surface area contributed by atoms with Gasteiger partial charge >= 0.3 is 5.97 Å². The first-order valence-corrected chi connectivity index (χ1v) is 7.65. The van der Waals surface area contributed by atoms with Crippen molar-refractivity contribution in [2.75, 3.05) is 0 Å². The fourth-order valence-electron chi connectivity index (χ4n) is 2.60. The summed E-state index contributed by atoms with van der Waals surface area (Å²) in [6.07, 6.45) is 4.61. The number of carboxylic acids is 1. The Morgan fingerprint density at radius 3 is 2.48 bits per heavy atom. The van der Waals surface area contributed by atoms with Crippen LogP contribution in [0.5, 0.6) is 0 Å². The molecule has 2 rings (SSSR count). The summed E-state index contributed by atoms with van der Waals surface area (Å²) in [6, 6.07) is 9.15. The first-order valence-electron chi connectivity index (χ1n) is 7.65. The van der Waals surface area contributed by atoms with Gasteiger partial charge < -0.3 is 10.4 Å². The monoisotopic (exact) mass is 289 g/mol. The molecule has 0 spiro atoms. The van der Waals surface area contributed by atoms with Crippen LogP contribution in [0.15, 0.2) is 30.3 Å². The molecular weight excluding hydrogens is 266 g/mol. The van der Waals surface area contributed by atoms with Crippen molar-refractivity contribution < 1.29 is 14.7 Å². The van der Waals surface area contributed by atoms with Crippen LogP contribution < -0.4 is 5.32 Å². The summed E-state index contributed by atoms with van der Waals surface area (Å²) >= 11 is 0. The highest BCUT2D eigenvalue weighted by Gasteiger charge is 2.50. The number of carbonyl (C=O) groups excluding carboxylic acids is 1. The zero-order chi connectivity index (χ0) is 15.3. The summed E-state index contributed by atoms with van der Waals surface area (Å²) in [4.78, 5) is 23.7. The molecule has 1 aliphatic rings. The summed E-state index contributed by atoms with van der Waals surface area (Å²) in [6.45, 7) is 2.01. The van der Waals surface area contributed by atoms with Crippen LogP contribution in [-0.4, -0.2) is 23.0 Å². The van der Waals surface area contributed by atoms with Crippen molar-refractivity contribution in [2.45, 2.75) is 51.5 Å². The van der Waals surface area contributed by atoms with E-state index in [2.05, 4.69) is 5.32 Å². The van der Waals surface area contributed by atoms with E-state index >= 15 is 0 Å². The molecule has 1 amide bonds. The van der Waals surface area contributed by atoms with Gasteiger partial charge in [0.25, 0.3) is 0 Å². The number of hydrogen-bond donors (Lipinski definition) is 2. The standard InChI is InChI=1S/C17H23NO3/c1-2-3-9-14(15(19)20)18-16(21)17(10-11-17)12-13-7-5-4-6-8-13/h4-8,14H,2-3,9-12H2,1H3,(H,18,21)(H,19,20)/t14-/m0/s1. The Kier molecular flexibility index (Phi) is 4.99. The number of aliphatic carboxylic acids is 1. The van der Waals surface area contributed by atoms with Crippen LogP contribution in [0.4, 0.5) is 0 Å². The molecule has 1 fully saturated rings. The maximum Gasteiger partial charge on any atom is 0.326 e. The average molecular weight is 289 g/mol. The molecule has 0 aliphatic heterocycles. The van der Waals surface area contributed by atoms with Crippen molar-refractivity contribution in [3.8, 4) is 0 Å². The van der Waals surface area contributed by atoms with E-state index in [0.29, 0.717) is 12.8 Å². The molecular formula is C17H23NO3. The van der Waals surface area contributed by atoms with Crippen LogP contribution in [0, 0.1) is 5.41 Å². The Bertz CT molecular complexity index is 494. The van der Waals surface area contributed by atoms with Crippen LogP contribution in [0.3, 0.4) is 0 Å². The third kappa shape index (κ3) is 4.06. The van der Waals surface area contributed by atoms with Crippen molar-refractivity contribution in [1.29, 1.82) is 0 Å². The minimum absolute atomic E-state index is 0.102. The molecule has 1 aromatic carbocycles. The van der Waals surface area contributed by atoms with Crippen LogP contribution >= 0.6 is 0 Å². The second-order valence-corrected chi connectivity index (χ2v) is 5.95. The number of unbranched alkanes of at least 4 members (excludes halogenated alkanes) is 1. The topological polar surface area (TPSA) is 66.4 Å². The second-order valence-electron chi connectivity index (χ2n) is 5.95. The first kappa shape index (κ1) is 15.5. The predicted octanol–water partition coefficient (Wildman–Crippen LogP) is 2.77. The SMILES string of the molecule is CCCC[C@H](NC(=O)C1(Cc2ccccc2)CC1)C(=O)O. The molecule has 4 heteroatoms. The third-order valence-corrected chi connectivity index (χ3v) is 4.17. The minimum Gasteiger partial charge on any atom is -0.480 e. The molecule has 0 heterocycles. The highest BCUT2D eigenvalue weighted by atomic mass is 16.4. The van der Waals surface area contributed by atoms with Gasteiger partial charge in [-0.15, -0.1) is 0 Å². The number of amides is 1. The van der Waals surface area contributed by atoms with E-state index in [-0.39, 0.29) is 11.3 Å². The summed E-state index contributed by atoms with van der Waals surface area (Å²) in [5.74, 6) is -1.04. The number of hydrogen-bond acceptors (Lipinski definition) is 2. The van der Waals surface area contributed by atoms with E-state index in [9.17, 15) is 14.7 Å². The van der Waals surface area contributed by atoms with Gasteiger partial charge in [0, 0.05) is 0 Å². The normalized spacial score (nSPS) is 17.0. The number of nitrogens with one attached hydrogen (secondary N) is 1. The maximum atomic E-state index is 12.4. The highest BCUT2D eigenvalue weighted by molar-refractivity contribution is 5.89. The molecule has 0 radical (unpaired) electrons. The highest BCUT2D eigenvalue weighted by Crippen LogP contribution is 2.48. The Balaban J connectivity index is 1.96. The number of benzene rings is 1. The summed E-state index contributed by atoms with van der Waals surface area (Å²) in [5.41, 5.74) is 0.743. The van der Waals surface area contributed by atoms with Gasteiger partial charge in [-0.1, -0.05) is 50.1 Å². The molecule has 2 N–H and O–H groups in total. The van der Waals surface area contributed by atoms with E-state index < -0.39 is 12.0 Å². The van der Waals surface area contributed by atoms with E-state index in [1.807, 2.05) is 37.3 Å². The molecule has 1 atom stereocenters. The van der Waals surface area contributed by atoms with Gasteiger partial charge in [0.2, 0.25) is 5.91 Å². The smallest absolute Gasteiger partial charge is 0.326 e. The molecule has 1 aliphatic carbocycles. The van der Waals surface area contributed by atoms with Crippen molar-refractivity contribution >= 4 is 11.9 Å². The number of rotatable bonds is 8. The lowest BCUT2D eigenvalue weighted by Crippen LogP contribution is -2.44. The van der Waals surface area contributed by atoms with Crippen molar-refractivity contribution in [3.63, 3.8) is 0 Å². The maximum absolute atomic E-state index is 12.4. The molecule has 4 nitrogen and oxygen atoms in total. The Hall–Kier alpha value is -1.84. The van der Waals surface area contributed by atoms with Crippen LogP contribution in [-0.2, 0) is 16.0 Å². The summed E-state index contributed by atoms with van der Waals surface area (Å²) in [7, 11) is 0. The average Bonchev–Trinajstić information content (AvgIpc) is 3.25. The van der Waals surface area contributed by atoms with Crippen LogP contribution in [0.1, 0.15) is 44.6 Å². The van der Waals surface area contributed by atoms with Gasteiger partial charge in [-0.2, -0.15) is 0 Å². The van der Waals surface area contributed by atoms with Crippen LogP contribution in [0.25, 0.3) is 0 Å². The predicted molar refractivity (Wildman–Crippen MR) is 80.9 cm³/mol. The molecule has 0 bridgehead atoms. The summed E-state index contributed by atoms with van der Waals surface area (Å²) in [5, 5.41) is 11.9. The zero-order valence-electron chi connectivity index (χ0n) is 12.5. The molecule has 0 saturated heterocycles. The fourth-order valence-corrected chi connectivity index (χ4v) is 2.60. The van der Waals surface area contributed by atoms with Gasteiger partial charge in [0.1, 0.15) is 6.04 Å². The Labute approximate surface area is 125 Å². The minimum atomic E-state index is -0.938. The van der Waals surface area contributed by atoms with E-state index in [4.69, 9.17) is 0 Å². The van der Waals surface area contributed by atoms with Gasteiger partial charge in [-0.25, -0.2) is 4.79 Å². The Morgan fingerprint density at radius 1 is 1.29 bits per heavy atom. The van der Waals surface area contributed by atoms with Gasteiger partial charge in [0.15, 0.2) is 0 Å². The van der Waals surface area contributed by atoms with Gasteiger partial charge in [-0.05, 0) is 31.2 Å². The van der Waals surface area contributed by atoms with E-state index in [1.54, 1.807) is 0 Å². The summed E-state index contributed by atoms with van der Waals surface area (Å²) < 4.78 is 0. The molecule has 0 aromatic heterocycles. The Morgan fingerprint density at radius 2 is 1.95 bits per heavy atom. The lowest BCUT2D eigenvalue weighted by molar-refractivity contribution is -0.143. The first-order chi connectivity index (χ1) is 10.1. The number of carbonyl (C=O) groups is 2. The largest absolute Gasteiger partial charge is 0.480 e. The van der Waals surface area contributed by atoms with E-state index in [1.165, 1.54) is 0 Å². The quantitative estimate of drug-likeness (QED) is 0.773. The van der Waals surface area contributed by atoms with Gasteiger partial charge in [0.05, 0.1) is 5.41 Å². The molecule has 1 saturated carbocycles. The lowest BCUT2D eigenvalue weighted by atomic mass is 9.95. The molecule has 21 heavy (non-hydrogen) atoms. The lowest BCUT2D eigenvalue weighted by Gasteiger charge is -2.20. The van der Waals surface area contributed by atoms with Crippen molar-refractivity contribution in [1.82, 2.24) is 5.32 Å². The zero-order valence-corrected chi connectivity index (χ0v) is 12.5. The second kappa shape index (κ2) is 6.74. The molecule has 114 valence electrons. The fraction of sp³-hybridized carbons (Fsp3) is 0.529. The third-order valence-electron chi connectivity index (χ3n) is 4.17. The van der Waals surface area contributed by atoms with Crippen molar-refractivity contribution in [2.24, 2.45) is 5.41 Å². The van der Waals surface area contributed by atoms with Crippen molar-refractivity contribution in [3.05, 3.63) is 35.9 Å². The van der Waals surface area contributed by atoms with E-state index in [0.717, 1.165) is 31.2 Å². The number of carboxylic acid groups (broad SMARTS) is 1. The molecule has 1 aromatic rings. The molecule has 0 unspecified atom stereocenters. The van der Waals surface area contributed by atoms with Gasteiger partial charge in [-0.3, -0.25) is 4.79 Å². The van der Waals surface area contributed by atoms with Crippen LogP contribution in [0.2, 0.25) is 0 Å².